The van der Waals surface area contributed by atoms with Crippen molar-refractivity contribution in [3.63, 3.8) is 0 Å². The van der Waals surface area contributed by atoms with E-state index in [0.717, 1.165) is 0 Å². The summed E-state index contributed by atoms with van der Waals surface area (Å²) in [5.41, 5.74) is 1.75. The number of benzene rings is 2. The van der Waals surface area contributed by atoms with Gasteiger partial charge in [0.2, 0.25) is 5.91 Å². The number of halogens is 2. The van der Waals surface area contributed by atoms with Crippen LogP contribution in [0.1, 0.15) is 10.4 Å². The molecule has 0 aromatic heterocycles. The van der Waals surface area contributed by atoms with Crippen LogP contribution in [-0.4, -0.2) is 25.4 Å². The molecule has 0 spiro atoms. The summed E-state index contributed by atoms with van der Waals surface area (Å²) in [6.07, 6.45) is 0. The predicted octanol–water partition coefficient (Wildman–Crippen LogP) is 3.40. The van der Waals surface area contributed by atoms with Crippen LogP contribution < -0.4 is 16.0 Å². The van der Waals surface area contributed by atoms with Gasteiger partial charge in [0, 0.05) is 24.0 Å². The largest absolute Gasteiger partial charge is 0.376 e. The van der Waals surface area contributed by atoms with Crippen LogP contribution in [-0.2, 0) is 4.79 Å². The predicted molar refractivity (Wildman–Crippen MR) is 93.4 cm³/mol. The molecular formula is C16H15Cl2N3O2. The third-order valence-corrected chi connectivity index (χ3v) is 3.75. The van der Waals surface area contributed by atoms with Crippen LogP contribution in [0.25, 0.3) is 0 Å². The molecule has 2 aromatic rings. The lowest BCUT2D eigenvalue weighted by molar-refractivity contribution is -0.114. The van der Waals surface area contributed by atoms with Gasteiger partial charge in [-0.25, -0.2) is 0 Å². The van der Waals surface area contributed by atoms with Crippen LogP contribution in [0, 0.1) is 0 Å². The molecule has 5 nitrogen and oxygen atoms in total. The molecule has 0 aliphatic rings. The highest BCUT2D eigenvalue weighted by Gasteiger charge is 2.06. The van der Waals surface area contributed by atoms with E-state index in [1.54, 1.807) is 49.5 Å². The minimum absolute atomic E-state index is 0.0530. The fourth-order valence-corrected chi connectivity index (χ4v) is 2.17. The smallest absolute Gasteiger partial charge is 0.251 e. The van der Waals surface area contributed by atoms with Gasteiger partial charge < -0.3 is 16.0 Å². The maximum absolute atomic E-state index is 11.9. The Hall–Kier alpha value is -2.24. The molecule has 0 saturated heterocycles. The zero-order valence-corrected chi connectivity index (χ0v) is 13.8. The molecular weight excluding hydrogens is 337 g/mol. The molecule has 0 radical (unpaired) electrons. The van der Waals surface area contributed by atoms with E-state index in [2.05, 4.69) is 16.0 Å². The monoisotopic (exact) mass is 351 g/mol. The van der Waals surface area contributed by atoms with Crippen molar-refractivity contribution in [3.05, 3.63) is 58.1 Å². The van der Waals surface area contributed by atoms with E-state index < -0.39 is 0 Å². The van der Waals surface area contributed by atoms with Crippen molar-refractivity contribution in [1.82, 2.24) is 5.32 Å². The number of carbonyl (C=O) groups excluding carboxylic acids is 2. The Labute approximate surface area is 144 Å². The van der Waals surface area contributed by atoms with Crippen molar-refractivity contribution in [2.45, 2.75) is 0 Å². The highest BCUT2D eigenvalue weighted by molar-refractivity contribution is 6.42. The molecule has 2 aromatic carbocycles. The normalized spacial score (nSPS) is 10.0. The summed E-state index contributed by atoms with van der Waals surface area (Å²) in [4.78, 5) is 23.5. The molecule has 7 heteroatoms. The fraction of sp³-hybridized carbons (Fsp3) is 0.125. The average molecular weight is 352 g/mol. The van der Waals surface area contributed by atoms with Crippen LogP contribution in [0.3, 0.4) is 0 Å². The lowest BCUT2D eigenvalue weighted by Gasteiger charge is -2.09. The Balaban J connectivity index is 1.94. The van der Waals surface area contributed by atoms with Crippen LogP contribution in [0.5, 0.6) is 0 Å². The van der Waals surface area contributed by atoms with Crippen LogP contribution in [0.2, 0.25) is 10.0 Å². The maximum atomic E-state index is 11.9. The first kappa shape index (κ1) is 17.1. The van der Waals surface area contributed by atoms with Gasteiger partial charge in [0.05, 0.1) is 16.6 Å². The number of hydrogen-bond acceptors (Lipinski definition) is 3. The summed E-state index contributed by atoms with van der Waals surface area (Å²) in [5, 5.41) is 9.01. The van der Waals surface area contributed by atoms with E-state index >= 15 is 0 Å². The highest BCUT2D eigenvalue weighted by atomic mass is 35.5. The second-order valence-corrected chi connectivity index (χ2v) is 5.50. The zero-order valence-electron chi connectivity index (χ0n) is 12.3. The lowest BCUT2D eigenvalue weighted by atomic mass is 10.2. The quantitative estimate of drug-likeness (QED) is 0.772. The Kier molecular flexibility index (Phi) is 5.84. The van der Waals surface area contributed by atoms with E-state index in [4.69, 9.17) is 23.2 Å². The summed E-state index contributed by atoms with van der Waals surface area (Å²) in [6, 6.07) is 11.7. The minimum atomic E-state index is -0.242. The van der Waals surface area contributed by atoms with Gasteiger partial charge in [0.1, 0.15) is 0 Å². The number of carbonyl (C=O) groups is 2. The average Bonchev–Trinajstić information content (AvgIpc) is 2.56. The molecule has 0 bridgehead atoms. The second-order valence-electron chi connectivity index (χ2n) is 4.69. The van der Waals surface area contributed by atoms with Crippen molar-refractivity contribution in [3.8, 4) is 0 Å². The van der Waals surface area contributed by atoms with Crippen LogP contribution in [0.4, 0.5) is 11.4 Å². The molecule has 0 aliphatic carbocycles. The molecule has 2 rings (SSSR count). The third-order valence-electron chi connectivity index (χ3n) is 3.01. The minimum Gasteiger partial charge on any atom is -0.376 e. The summed E-state index contributed by atoms with van der Waals surface area (Å²) >= 11 is 11.7. The Morgan fingerprint density at radius 2 is 1.78 bits per heavy atom. The van der Waals surface area contributed by atoms with Gasteiger partial charge in [-0.05, 0) is 36.4 Å². The molecule has 0 atom stereocenters. The van der Waals surface area contributed by atoms with Gasteiger partial charge in [-0.2, -0.15) is 0 Å². The fourth-order valence-electron chi connectivity index (χ4n) is 1.88. The van der Waals surface area contributed by atoms with E-state index in [9.17, 15) is 9.59 Å². The van der Waals surface area contributed by atoms with E-state index in [1.807, 2.05) is 0 Å². The zero-order chi connectivity index (χ0) is 16.8. The molecule has 3 N–H and O–H groups in total. The van der Waals surface area contributed by atoms with Crippen LogP contribution >= 0.6 is 23.2 Å². The molecule has 0 heterocycles. The van der Waals surface area contributed by atoms with Gasteiger partial charge in [-0.15, -0.1) is 0 Å². The Morgan fingerprint density at radius 3 is 2.48 bits per heavy atom. The van der Waals surface area contributed by atoms with Crippen molar-refractivity contribution in [2.75, 3.05) is 24.2 Å². The second kappa shape index (κ2) is 7.85. The van der Waals surface area contributed by atoms with Gasteiger partial charge in [-0.1, -0.05) is 29.3 Å². The van der Waals surface area contributed by atoms with E-state index in [0.29, 0.717) is 27.0 Å². The van der Waals surface area contributed by atoms with Gasteiger partial charge in [0.25, 0.3) is 5.91 Å². The van der Waals surface area contributed by atoms with Gasteiger partial charge >= 0.3 is 0 Å². The third kappa shape index (κ3) is 4.87. The number of hydrogen-bond donors (Lipinski definition) is 3. The molecule has 120 valence electrons. The van der Waals surface area contributed by atoms with Crippen molar-refractivity contribution in [2.24, 2.45) is 0 Å². The molecule has 0 aliphatic heterocycles. The highest BCUT2D eigenvalue weighted by Crippen LogP contribution is 2.24. The van der Waals surface area contributed by atoms with E-state index in [1.165, 1.54) is 0 Å². The number of nitrogens with one attached hydrogen (secondary N) is 3. The Bertz CT molecular complexity index is 735. The summed E-state index contributed by atoms with van der Waals surface area (Å²) in [5.74, 6) is -0.428. The topological polar surface area (TPSA) is 70.2 Å². The summed E-state index contributed by atoms with van der Waals surface area (Å²) in [7, 11) is 1.56. The molecule has 0 saturated carbocycles. The lowest BCUT2D eigenvalue weighted by Crippen LogP contribution is -2.22. The summed E-state index contributed by atoms with van der Waals surface area (Å²) in [6.45, 7) is 0.0530. The van der Waals surface area contributed by atoms with Crippen molar-refractivity contribution in [1.29, 1.82) is 0 Å². The SMILES string of the molecule is CNC(=O)c1cccc(NCC(=O)Nc2ccc(Cl)c(Cl)c2)c1. The van der Waals surface area contributed by atoms with Gasteiger partial charge in [-0.3, -0.25) is 9.59 Å². The maximum Gasteiger partial charge on any atom is 0.251 e. The first-order valence-corrected chi connectivity index (χ1v) is 7.56. The van der Waals surface area contributed by atoms with Crippen molar-refractivity contribution < 1.29 is 9.59 Å². The number of rotatable bonds is 5. The number of amides is 2. The number of anilines is 2. The molecule has 23 heavy (non-hydrogen) atoms. The van der Waals surface area contributed by atoms with Crippen LogP contribution in [0.15, 0.2) is 42.5 Å². The standard InChI is InChI=1S/C16H15Cl2N3O2/c1-19-16(23)10-3-2-4-11(7-10)20-9-15(22)21-12-5-6-13(17)14(18)8-12/h2-8,20H,9H2,1H3,(H,19,23)(H,21,22). The summed E-state index contributed by atoms with van der Waals surface area (Å²) < 4.78 is 0. The first-order chi connectivity index (χ1) is 11.0. The molecule has 2 amide bonds. The first-order valence-electron chi connectivity index (χ1n) is 6.80. The molecule has 0 fully saturated rings. The Morgan fingerprint density at radius 1 is 1.00 bits per heavy atom. The molecule has 0 unspecified atom stereocenters. The van der Waals surface area contributed by atoms with E-state index in [-0.39, 0.29) is 18.4 Å². The van der Waals surface area contributed by atoms with Crippen molar-refractivity contribution >= 4 is 46.4 Å². The van der Waals surface area contributed by atoms with Gasteiger partial charge in [0.15, 0.2) is 0 Å².